The van der Waals surface area contributed by atoms with Gasteiger partial charge >= 0.3 is 0 Å². The first-order chi connectivity index (χ1) is 13.3. The first-order valence-corrected chi connectivity index (χ1v) is 19.5. The first kappa shape index (κ1) is 22.5. The second kappa shape index (κ2) is 7.45. The second-order valence-corrected chi connectivity index (χ2v) is 22.5. The van der Waals surface area contributed by atoms with Gasteiger partial charge in [0.2, 0.25) is 0 Å². The molecule has 4 aliphatic carbocycles. The lowest BCUT2D eigenvalue weighted by Gasteiger charge is -2.63. The van der Waals surface area contributed by atoms with Crippen molar-refractivity contribution in [2.24, 2.45) is 34.5 Å². The van der Waals surface area contributed by atoms with E-state index in [0.29, 0.717) is 23.0 Å². The van der Waals surface area contributed by atoms with E-state index in [2.05, 4.69) is 53.1 Å². The number of hydrogen-bond acceptors (Lipinski definition) is 2. The van der Waals surface area contributed by atoms with Crippen LogP contribution in [0.15, 0.2) is 0 Å². The first-order valence-electron chi connectivity index (χ1n) is 12.7. The molecule has 0 heterocycles. The summed E-state index contributed by atoms with van der Waals surface area (Å²) in [6, 6.07) is 0. The molecule has 0 radical (unpaired) electrons. The van der Waals surface area contributed by atoms with Crippen LogP contribution in [0.25, 0.3) is 0 Å². The fourth-order valence-electron chi connectivity index (χ4n) is 8.38. The molecule has 4 heteroatoms. The zero-order valence-electron chi connectivity index (χ0n) is 20.6. The Balaban J connectivity index is 1.67. The van der Waals surface area contributed by atoms with Crippen LogP contribution in [0.1, 0.15) is 71.6 Å². The maximum absolute atomic E-state index is 7.04. The highest BCUT2D eigenvalue weighted by Gasteiger charge is 2.63. The Morgan fingerprint density at radius 3 is 2.00 bits per heavy atom. The predicted octanol–water partition coefficient (Wildman–Crippen LogP) is 7.47. The summed E-state index contributed by atoms with van der Waals surface area (Å²) >= 11 is 0. The van der Waals surface area contributed by atoms with Crippen LogP contribution in [0.4, 0.5) is 0 Å². The average Bonchev–Trinajstić information content (AvgIpc) is 2.89. The highest BCUT2D eigenvalue weighted by molar-refractivity contribution is 6.70. The third kappa shape index (κ3) is 4.09. The highest BCUT2D eigenvalue weighted by atomic mass is 28.4. The molecule has 0 N–H and O–H groups in total. The van der Waals surface area contributed by atoms with Gasteiger partial charge in [0.05, 0.1) is 6.10 Å². The van der Waals surface area contributed by atoms with E-state index in [1.165, 1.54) is 57.8 Å². The molecule has 168 valence electrons. The summed E-state index contributed by atoms with van der Waals surface area (Å²) in [5, 5.41) is 0. The van der Waals surface area contributed by atoms with E-state index in [1.807, 2.05) is 0 Å². The Hall–Kier alpha value is 0.354. The topological polar surface area (TPSA) is 18.5 Å². The summed E-state index contributed by atoms with van der Waals surface area (Å²) in [4.78, 5) is 0. The average molecular weight is 437 g/mol. The van der Waals surface area contributed by atoms with Crippen molar-refractivity contribution < 1.29 is 8.85 Å². The van der Waals surface area contributed by atoms with Gasteiger partial charge in [0.1, 0.15) is 0 Å². The maximum Gasteiger partial charge on any atom is 0.184 e. The lowest BCUT2D eigenvalue weighted by atomic mass is 9.44. The monoisotopic (exact) mass is 436 g/mol. The lowest BCUT2D eigenvalue weighted by Crippen LogP contribution is -2.60. The van der Waals surface area contributed by atoms with Gasteiger partial charge < -0.3 is 8.85 Å². The van der Waals surface area contributed by atoms with Crippen molar-refractivity contribution in [1.82, 2.24) is 0 Å². The summed E-state index contributed by atoms with van der Waals surface area (Å²) in [7, 11) is -3.06. The normalized spacial score (nSPS) is 48.0. The molecular weight excluding hydrogens is 388 g/mol. The molecule has 8 atom stereocenters. The Bertz CT molecular complexity index is 609. The SMILES string of the molecule is C[C@]12CCC3C(C1CC[C@H]2O[Si](C)(C)C)[C@H](O[Si](C)(C)C)C[C@H]1CCCC[C@]31C. The standard InChI is InChI=1S/C25H48O2Si2/c1-24-15-10-9-11-18(24)17-21(26-28(3,4)5)23-19-12-13-22(27-29(6,7)8)25(19,2)16-14-20(23)24/h18-23H,9-17H2,1-8H3/t18-,19?,20?,21-,22-,23?,24+,25+/m1/s1. The van der Waals surface area contributed by atoms with E-state index in [-0.39, 0.29) is 0 Å². The van der Waals surface area contributed by atoms with Crippen molar-refractivity contribution in [3.8, 4) is 0 Å². The van der Waals surface area contributed by atoms with Crippen LogP contribution in [-0.2, 0) is 8.85 Å². The summed E-state index contributed by atoms with van der Waals surface area (Å²) < 4.78 is 13.9. The molecule has 0 aromatic heterocycles. The molecule has 3 unspecified atom stereocenters. The van der Waals surface area contributed by atoms with Gasteiger partial charge in [-0.2, -0.15) is 0 Å². The minimum Gasteiger partial charge on any atom is -0.414 e. The molecule has 2 nitrogen and oxygen atoms in total. The van der Waals surface area contributed by atoms with Crippen LogP contribution in [0.5, 0.6) is 0 Å². The van der Waals surface area contributed by atoms with E-state index in [0.717, 1.165) is 23.7 Å². The quantitative estimate of drug-likeness (QED) is 0.425. The van der Waals surface area contributed by atoms with Crippen molar-refractivity contribution in [2.45, 2.75) is 123 Å². The van der Waals surface area contributed by atoms with Gasteiger partial charge in [-0.25, -0.2) is 0 Å². The minimum atomic E-state index is -1.55. The highest BCUT2D eigenvalue weighted by Crippen LogP contribution is 2.67. The fraction of sp³-hybridized carbons (Fsp3) is 1.00. The van der Waals surface area contributed by atoms with Gasteiger partial charge in [-0.3, -0.25) is 0 Å². The molecule has 4 rings (SSSR count). The molecule has 0 aromatic carbocycles. The molecule has 0 aromatic rings. The van der Waals surface area contributed by atoms with E-state index in [1.54, 1.807) is 0 Å². The number of hydrogen-bond donors (Lipinski definition) is 0. The van der Waals surface area contributed by atoms with E-state index in [4.69, 9.17) is 8.85 Å². The zero-order valence-corrected chi connectivity index (χ0v) is 22.6. The van der Waals surface area contributed by atoms with E-state index < -0.39 is 16.6 Å². The molecule has 0 aliphatic heterocycles. The van der Waals surface area contributed by atoms with Crippen LogP contribution >= 0.6 is 0 Å². The van der Waals surface area contributed by atoms with Gasteiger partial charge in [-0.1, -0.05) is 26.7 Å². The lowest BCUT2D eigenvalue weighted by molar-refractivity contribution is -0.161. The van der Waals surface area contributed by atoms with Crippen LogP contribution in [0.2, 0.25) is 39.3 Å². The van der Waals surface area contributed by atoms with Gasteiger partial charge in [0, 0.05) is 6.10 Å². The third-order valence-corrected chi connectivity index (χ3v) is 11.5. The summed E-state index contributed by atoms with van der Waals surface area (Å²) in [5.74, 6) is 3.36. The molecule has 0 spiro atoms. The third-order valence-electron chi connectivity index (χ3n) is 9.49. The minimum absolute atomic E-state index is 0.375. The number of rotatable bonds is 4. The molecule has 29 heavy (non-hydrogen) atoms. The van der Waals surface area contributed by atoms with Crippen molar-refractivity contribution in [1.29, 1.82) is 0 Å². The summed E-state index contributed by atoms with van der Waals surface area (Å²) in [6.07, 6.45) is 13.6. The van der Waals surface area contributed by atoms with Crippen molar-refractivity contribution in [3.05, 3.63) is 0 Å². The largest absolute Gasteiger partial charge is 0.414 e. The summed E-state index contributed by atoms with van der Waals surface area (Å²) in [6.45, 7) is 19.6. The molecule has 4 aliphatic rings. The molecular formula is C25H48O2Si2. The Kier molecular flexibility index (Phi) is 5.79. The molecule has 0 saturated heterocycles. The van der Waals surface area contributed by atoms with E-state index >= 15 is 0 Å². The van der Waals surface area contributed by atoms with Crippen LogP contribution < -0.4 is 0 Å². The Labute approximate surface area is 183 Å². The van der Waals surface area contributed by atoms with Gasteiger partial charge in [0.25, 0.3) is 0 Å². The summed E-state index contributed by atoms with van der Waals surface area (Å²) in [5.41, 5.74) is 0.946. The predicted molar refractivity (Wildman–Crippen MR) is 128 cm³/mol. The molecule has 0 amide bonds. The maximum atomic E-state index is 7.04. The van der Waals surface area contributed by atoms with E-state index in [9.17, 15) is 0 Å². The van der Waals surface area contributed by atoms with Gasteiger partial charge in [0.15, 0.2) is 16.6 Å². The molecule has 4 saturated carbocycles. The Morgan fingerprint density at radius 1 is 0.690 bits per heavy atom. The van der Waals surface area contributed by atoms with Crippen molar-refractivity contribution >= 4 is 16.6 Å². The van der Waals surface area contributed by atoms with Crippen molar-refractivity contribution in [3.63, 3.8) is 0 Å². The smallest absolute Gasteiger partial charge is 0.184 e. The van der Waals surface area contributed by atoms with Crippen LogP contribution in [0.3, 0.4) is 0 Å². The zero-order chi connectivity index (χ0) is 21.2. The van der Waals surface area contributed by atoms with Crippen LogP contribution in [0, 0.1) is 34.5 Å². The molecule has 4 fully saturated rings. The second-order valence-electron chi connectivity index (χ2n) is 13.6. The van der Waals surface area contributed by atoms with Gasteiger partial charge in [-0.15, -0.1) is 0 Å². The molecule has 0 bridgehead atoms. The number of fused-ring (bicyclic) bond motifs is 5. The van der Waals surface area contributed by atoms with Crippen molar-refractivity contribution in [2.75, 3.05) is 0 Å². The fourth-order valence-corrected chi connectivity index (χ4v) is 10.8. The van der Waals surface area contributed by atoms with Crippen LogP contribution in [-0.4, -0.2) is 28.8 Å². The Morgan fingerprint density at radius 2 is 1.34 bits per heavy atom. The van der Waals surface area contributed by atoms with Gasteiger partial charge in [-0.05, 0) is 119 Å².